The van der Waals surface area contributed by atoms with E-state index < -0.39 is 6.03 Å². The molecule has 22 heavy (non-hydrogen) atoms. The number of hydrogen-bond acceptors (Lipinski definition) is 5. The Kier molecular flexibility index (Phi) is 5.81. The molecule has 2 amide bonds. The van der Waals surface area contributed by atoms with Crippen LogP contribution in [0.25, 0.3) is 0 Å². The van der Waals surface area contributed by atoms with Crippen LogP contribution in [0.2, 0.25) is 0 Å². The molecule has 7 nitrogen and oxygen atoms in total. The van der Waals surface area contributed by atoms with Crippen molar-refractivity contribution in [2.24, 2.45) is 11.7 Å². The van der Waals surface area contributed by atoms with Gasteiger partial charge >= 0.3 is 6.03 Å². The first kappa shape index (κ1) is 15.9. The van der Waals surface area contributed by atoms with Crippen LogP contribution >= 0.6 is 0 Å². The number of nitrogens with one attached hydrogen (secondary N) is 1. The summed E-state index contributed by atoms with van der Waals surface area (Å²) in [7, 11) is 0. The van der Waals surface area contributed by atoms with Crippen LogP contribution in [0.15, 0.2) is 42.9 Å². The molecule has 7 heteroatoms. The highest BCUT2D eigenvalue weighted by Gasteiger charge is 2.15. The van der Waals surface area contributed by atoms with Gasteiger partial charge in [0.1, 0.15) is 6.33 Å². The number of aromatic nitrogens is 2. The van der Waals surface area contributed by atoms with Gasteiger partial charge in [-0.15, -0.1) is 0 Å². The maximum absolute atomic E-state index is 11.5. The molecule has 0 aliphatic rings. The van der Waals surface area contributed by atoms with E-state index in [1.54, 1.807) is 6.20 Å². The van der Waals surface area contributed by atoms with Crippen molar-refractivity contribution in [3.05, 3.63) is 54.0 Å². The molecular formula is C15H20N6O. The Morgan fingerprint density at radius 3 is 2.64 bits per heavy atom. The van der Waals surface area contributed by atoms with Gasteiger partial charge in [0.05, 0.1) is 0 Å². The zero-order valence-electron chi connectivity index (χ0n) is 12.3. The molecule has 0 saturated heterocycles. The van der Waals surface area contributed by atoms with Crippen molar-refractivity contribution in [1.82, 2.24) is 15.4 Å². The zero-order valence-corrected chi connectivity index (χ0v) is 12.3. The maximum Gasteiger partial charge on any atom is 0.351 e. The number of carbonyl (C=O) groups is 1. The van der Waals surface area contributed by atoms with Crippen LogP contribution in [0.1, 0.15) is 24.0 Å². The first-order valence-corrected chi connectivity index (χ1v) is 7.10. The third kappa shape index (κ3) is 4.24. The average Bonchev–Trinajstić information content (AvgIpc) is 2.58. The number of nitrogens with two attached hydrogens (primary N) is 2. The smallest absolute Gasteiger partial charge is 0.274 e. The van der Waals surface area contributed by atoms with Crippen LogP contribution in [0.5, 0.6) is 0 Å². The molecule has 0 atom stereocenters. The number of hydrogen-bond donors (Lipinski definition) is 3. The molecule has 116 valence electrons. The molecule has 0 unspecified atom stereocenters. The van der Waals surface area contributed by atoms with Crippen molar-refractivity contribution >= 4 is 11.8 Å². The SMILES string of the molecule is NNC(=O)N(N)c1ncncc1CCCCc1ccccc1. The fourth-order valence-corrected chi connectivity index (χ4v) is 2.20. The van der Waals surface area contributed by atoms with Crippen molar-refractivity contribution < 1.29 is 4.79 Å². The van der Waals surface area contributed by atoms with Crippen LogP contribution in [0, 0.1) is 0 Å². The van der Waals surface area contributed by atoms with Gasteiger partial charge in [-0.3, -0.25) is 5.43 Å². The molecule has 0 spiro atoms. The highest BCUT2D eigenvalue weighted by Crippen LogP contribution is 2.17. The van der Waals surface area contributed by atoms with E-state index >= 15 is 0 Å². The summed E-state index contributed by atoms with van der Waals surface area (Å²) in [6.45, 7) is 0. The lowest BCUT2D eigenvalue weighted by atomic mass is 10.0. The molecule has 0 saturated carbocycles. The van der Waals surface area contributed by atoms with Crippen LogP contribution in [0.3, 0.4) is 0 Å². The third-order valence-corrected chi connectivity index (χ3v) is 3.34. The Hall–Kier alpha value is -2.51. The van der Waals surface area contributed by atoms with Gasteiger partial charge in [-0.05, 0) is 31.2 Å². The molecule has 2 rings (SSSR count). The molecule has 1 aromatic carbocycles. The van der Waals surface area contributed by atoms with E-state index in [1.165, 1.54) is 11.9 Å². The zero-order chi connectivity index (χ0) is 15.8. The highest BCUT2D eigenvalue weighted by atomic mass is 16.2. The topological polar surface area (TPSA) is 110 Å². The van der Waals surface area contributed by atoms with E-state index in [0.717, 1.165) is 36.3 Å². The number of urea groups is 1. The van der Waals surface area contributed by atoms with E-state index in [1.807, 2.05) is 23.6 Å². The van der Waals surface area contributed by atoms with Gasteiger partial charge in [-0.1, -0.05) is 30.3 Å². The minimum Gasteiger partial charge on any atom is -0.274 e. The fourth-order valence-electron chi connectivity index (χ4n) is 2.20. The van der Waals surface area contributed by atoms with Gasteiger partial charge in [0.15, 0.2) is 5.82 Å². The molecule has 0 aliphatic carbocycles. The van der Waals surface area contributed by atoms with E-state index in [0.29, 0.717) is 5.82 Å². The minimum absolute atomic E-state index is 0.373. The van der Waals surface area contributed by atoms with Gasteiger partial charge < -0.3 is 0 Å². The van der Waals surface area contributed by atoms with Crippen LogP contribution in [0.4, 0.5) is 10.6 Å². The summed E-state index contributed by atoms with van der Waals surface area (Å²) >= 11 is 0. The van der Waals surface area contributed by atoms with Gasteiger partial charge in [-0.2, -0.15) is 0 Å². The van der Waals surface area contributed by atoms with Crippen LogP contribution in [-0.4, -0.2) is 16.0 Å². The molecule has 0 aliphatic heterocycles. The summed E-state index contributed by atoms with van der Waals surface area (Å²) in [5.74, 6) is 11.2. The Morgan fingerprint density at radius 2 is 1.91 bits per heavy atom. The molecule has 0 bridgehead atoms. The maximum atomic E-state index is 11.5. The molecule has 5 N–H and O–H groups in total. The van der Waals surface area contributed by atoms with E-state index in [9.17, 15) is 4.79 Å². The number of hydrazine groups is 2. The number of unbranched alkanes of at least 4 members (excludes halogenated alkanes) is 1. The predicted octanol–water partition coefficient (Wildman–Crippen LogP) is 1.31. The third-order valence-electron chi connectivity index (χ3n) is 3.34. The lowest BCUT2D eigenvalue weighted by Crippen LogP contribution is -2.48. The van der Waals surface area contributed by atoms with Gasteiger partial charge in [0, 0.05) is 11.8 Å². The number of rotatable bonds is 6. The Labute approximate surface area is 129 Å². The number of benzene rings is 1. The molecule has 0 fully saturated rings. The summed E-state index contributed by atoms with van der Waals surface area (Å²) in [5, 5.41) is 0.897. The number of anilines is 1. The fraction of sp³-hybridized carbons (Fsp3) is 0.267. The summed E-state index contributed by atoms with van der Waals surface area (Å²) in [6.07, 6.45) is 6.77. The Morgan fingerprint density at radius 1 is 1.18 bits per heavy atom. The minimum atomic E-state index is -0.621. The van der Waals surface area contributed by atoms with E-state index in [2.05, 4.69) is 22.1 Å². The van der Waals surface area contributed by atoms with Crippen molar-refractivity contribution in [3.8, 4) is 0 Å². The summed E-state index contributed by atoms with van der Waals surface area (Å²) in [5.41, 5.74) is 4.12. The first-order valence-electron chi connectivity index (χ1n) is 7.10. The van der Waals surface area contributed by atoms with Crippen LogP contribution in [-0.2, 0) is 12.8 Å². The monoisotopic (exact) mass is 300 g/mol. The lowest BCUT2D eigenvalue weighted by molar-refractivity contribution is 0.246. The van der Waals surface area contributed by atoms with E-state index in [-0.39, 0.29) is 0 Å². The van der Waals surface area contributed by atoms with E-state index in [4.69, 9.17) is 11.7 Å². The molecular weight excluding hydrogens is 280 g/mol. The largest absolute Gasteiger partial charge is 0.351 e. The number of nitrogens with zero attached hydrogens (tertiary/aromatic N) is 3. The van der Waals surface area contributed by atoms with Gasteiger partial charge in [0.25, 0.3) is 0 Å². The number of aryl methyl sites for hydroxylation is 2. The molecule has 0 radical (unpaired) electrons. The quantitative estimate of drug-likeness (QED) is 0.322. The van der Waals surface area contributed by atoms with Crippen molar-refractivity contribution in [2.75, 3.05) is 5.01 Å². The van der Waals surface area contributed by atoms with Gasteiger partial charge in [-0.25, -0.2) is 31.5 Å². The molecule has 1 aromatic heterocycles. The standard InChI is InChI=1S/C15H20N6O/c16-20-15(22)21(17)14-13(10-18-11-19-14)9-5-4-8-12-6-2-1-3-7-12/h1-3,6-7,10-11H,4-5,8-9,16-17H2,(H,20,22). The normalized spacial score (nSPS) is 10.3. The lowest BCUT2D eigenvalue weighted by Gasteiger charge is -2.17. The summed E-state index contributed by atoms with van der Waals surface area (Å²) in [6, 6.07) is 9.69. The second-order valence-electron chi connectivity index (χ2n) is 4.88. The van der Waals surface area contributed by atoms with Crippen molar-refractivity contribution in [1.29, 1.82) is 0 Å². The van der Waals surface area contributed by atoms with Crippen LogP contribution < -0.4 is 22.1 Å². The molecule has 2 aromatic rings. The second kappa shape index (κ2) is 8.06. The summed E-state index contributed by atoms with van der Waals surface area (Å²) in [4.78, 5) is 19.5. The average molecular weight is 300 g/mol. The van der Waals surface area contributed by atoms with Gasteiger partial charge in [0.2, 0.25) is 0 Å². The Bertz CT molecular complexity index is 604. The molecule has 1 heterocycles. The highest BCUT2D eigenvalue weighted by molar-refractivity contribution is 5.89. The number of carbonyl (C=O) groups excluding carboxylic acids is 1. The Balaban J connectivity index is 1.91. The first-order chi connectivity index (χ1) is 10.7. The predicted molar refractivity (Wildman–Crippen MR) is 84.5 cm³/mol. The van der Waals surface area contributed by atoms with Crippen molar-refractivity contribution in [2.45, 2.75) is 25.7 Å². The van der Waals surface area contributed by atoms with Crippen molar-refractivity contribution in [3.63, 3.8) is 0 Å². The number of amides is 2. The second-order valence-corrected chi connectivity index (χ2v) is 4.88. The summed E-state index contributed by atoms with van der Waals surface area (Å²) < 4.78 is 0.